The summed E-state index contributed by atoms with van der Waals surface area (Å²) in [4.78, 5) is 1.57. The lowest BCUT2D eigenvalue weighted by Crippen LogP contribution is -2.18. The molecule has 1 aromatic rings. The zero-order valence-electron chi connectivity index (χ0n) is 12.6. The monoisotopic (exact) mass is 279 g/mol. The van der Waals surface area contributed by atoms with Crippen molar-refractivity contribution >= 4 is 10.9 Å². The van der Waals surface area contributed by atoms with Crippen LogP contribution in [0.4, 0.5) is 0 Å². The van der Waals surface area contributed by atoms with E-state index in [1.807, 2.05) is 0 Å². The Labute approximate surface area is 121 Å². The van der Waals surface area contributed by atoms with E-state index in [1.165, 1.54) is 48.3 Å². The number of benzene rings is 1. The molecule has 0 amide bonds. The summed E-state index contributed by atoms with van der Waals surface area (Å²) < 4.78 is 5.95. The second-order valence-corrected chi connectivity index (χ2v) is 7.82. The molecule has 2 heteroatoms. The van der Waals surface area contributed by atoms with Gasteiger partial charge in [0.25, 0.3) is 0 Å². The van der Waals surface area contributed by atoms with Crippen molar-refractivity contribution < 1.29 is 4.74 Å². The fraction of sp³-hybridized carbons (Fsp3) is 0.647. The normalized spacial score (nSPS) is 16.6. The van der Waals surface area contributed by atoms with E-state index in [0.717, 1.165) is 18.8 Å². The van der Waals surface area contributed by atoms with Crippen LogP contribution in [-0.2, 0) is 10.9 Å². The molecule has 1 aliphatic heterocycles. The third kappa shape index (κ3) is 3.92. The van der Waals surface area contributed by atoms with Crippen molar-refractivity contribution in [2.45, 2.75) is 57.8 Å². The molecule has 0 unspecified atom stereocenters. The minimum Gasteiger partial charge on any atom is -0.493 e. The van der Waals surface area contributed by atoms with Gasteiger partial charge in [0.2, 0.25) is 0 Å². The molecule has 0 aliphatic carbocycles. The SMILES string of the molecule is CCCCOc1c(C)cc([S+]2CCCCC2)cc1C. The highest BCUT2D eigenvalue weighted by Gasteiger charge is 2.26. The zero-order chi connectivity index (χ0) is 13.7. The van der Waals surface area contributed by atoms with E-state index in [9.17, 15) is 0 Å². The molecule has 0 N–H and O–H groups in total. The first-order valence-corrected chi connectivity index (χ1v) is 9.20. The van der Waals surface area contributed by atoms with Crippen LogP contribution in [0.5, 0.6) is 5.75 Å². The van der Waals surface area contributed by atoms with Gasteiger partial charge in [-0.05, 0) is 62.8 Å². The van der Waals surface area contributed by atoms with E-state index in [-0.39, 0.29) is 0 Å². The number of aryl methyl sites for hydroxylation is 2. The fourth-order valence-corrected chi connectivity index (χ4v) is 5.16. The average molecular weight is 279 g/mol. The van der Waals surface area contributed by atoms with Gasteiger partial charge < -0.3 is 4.74 Å². The van der Waals surface area contributed by atoms with Gasteiger partial charge in [0, 0.05) is 10.9 Å². The summed E-state index contributed by atoms with van der Waals surface area (Å²) >= 11 is 0. The largest absolute Gasteiger partial charge is 0.493 e. The molecule has 2 rings (SSSR count). The lowest BCUT2D eigenvalue weighted by atomic mass is 10.1. The van der Waals surface area contributed by atoms with Gasteiger partial charge in [-0.15, -0.1) is 0 Å². The van der Waals surface area contributed by atoms with Crippen LogP contribution in [0.2, 0.25) is 0 Å². The number of hydrogen-bond acceptors (Lipinski definition) is 1. The molecule has 1 aromatic carbocycles. The first-order valence-electron chi connectivity index (χ1n) is 7.64. The van der Waals surface area contributed by atoms with Gasteiger partial charge in [-0.25, -0.2) is 0 Å². The lowest BCUT2D eigenvalue weighted by molar-refractivity contribution is 0.305. The molecular weight excluding hydrogens is 252 g/mol. The van der Waals surface area contributed by atoms with E-state index >= 15 is 0 Å². The Morgan fingerprint density at radius 3 is 2.26 bits per heavy atom. The van der Waals surface area contributed by atoms with Gasteiger partial charge in [-0.1, -0.05) is 13.3 Å². The molecule has 0 bridgehead atoms. The lowest BCUT2D eigenvalue weighted by Gasteiger charge is -2.17. The summed E-state index contributed by atoms with van der Waals surface area (Å²) in [6, 6.07) is 4.76. The molecule has 1 aliphatic rings. The van der Waals surface area contributed by atoms with Crippen LogP contribution in [0.15, 0.2) is 17.0 Å². The van der Waals surface area contributed by atoms with Gasteiger partial charge >= 0.3 is 0 Å². The highest BCUT2D eigenvalue weighted by atomic mass is 32.2. The van der Waals surface area contributed by atoms with Crippen LogP contribution in [0, 0.1) is 13.8 Å². The van der Waals surface area contributed by atoms with Gasteiger partial charge in [0.05, 0.1) is 6.61 Å². The Balaban J connectivity index is 2.11. The predicted molar refractivity (Wildman–Crippen MR) is 85.5 cm³/mol. The molecule has 0 atom stereocenters. The average Bonchev–Trinajstić information content (AvgIpc) is 2.43. The smallest absolute Gasteiger partial charge is 0.155 e. The summed E-state index contributed by atoms with van der Waals surface area (Å²) in [7, 11) is 0.500. The standard InChI is InChI=1S/C17H27OS/c1-4-5-9-18-17-14(2)12-16(13-15(17)3)19-10-7-6-8-11-19/h12-13H,4-11H2,1-3H3/q+1. The van der Waals surface area contributed by atoms with Crippen LogP contribution in [0.1, 0.15) is 50.2 Å². The van der Waals surface area contributed by atoms with E-state index in [2.05, 4.69) is 32.9 Å². The first kappa shape index (κ1) is 14.8. The minimum atomic E-state index is 0.500. The van der Waals surface area contributed by atoms with Crippen LogP contribution >= 0.6 is 0 Å². The van der Waals surface area contributed by atoms with Crippen molar-refractivity contribution in [1.82, 2.24) is 0 Å². The van der Waals surface area contributed by atoms with E-state index < -0.39 is 0 Å². The molecule has 0 radical (unpaired) electrons. The Kier molecular flexibility index (Phi) is 5.62. The topological polar surface area (TPSA) is 9.23 Å². The van der Waals surface area contributed by atoms with Crippen LogP contribution < -0.4 is 4.74 Å². The van der Waals surface area contributed by atoms with Crippen molar-refractivity contribution in [1.29, 1.82) is 0 Å². The molecule has 1 saturated heterocycles. The number of hydrogen-bond donors (Lipinski definition) is 0. The Morgan fingerprint density at radius 2 is 1.68 bits per heavy atom. The summed E-state index contributed by atoms with van der Waals surface area (Å²) in [6.45, 7) is 7.45. The predicted octanol–water partition coefficient (Wildman–Crippen LogP) is 4.64. The highest BCUT2D eigenvalue weighted by Crippen LogP contribution is 2.30. The first-order chi connectivity index (χ1) is 9.22. The maximum absolute atomic E-state index is 5.95. The summed E-state index contributed by atoms with van der Waals surface area (Å²) in [6.07, 6.45) is 6.59. The number of ether oxygens (including phenoxy) is 1. The summed E-state index contributed by atoms with van der Waals surface area (Å²) in [5.74, 6) is 3.92. The van der Waals surface area contributed by atoms with Crippen LogP contribution in [0.3, 0.4) is 0 Å². The van der Waals surface area contributed by atoms with Crippen molar-refractivity contribution in [2.24, 2.45) is 0 Å². The fourth-order valence-electron chi connectivity index (χ4n) is 2.69. The van der Waals surface area contributed by atoms with Crippen molar-refractivity contribution in [3.05, 3.63) is 23.3 Å². The molecule has 106 valence electrons. The van der Waals surface area contributed by atoms with E-state index in [1.54, 1.807) is 4.90 Å². The molecule has 19 heavy (non-hydrogen) atoms. The Hall–Kier alpha value is -0.630. The second kappa shape index (κ2) is 7.23. The minimum absolute atomic E-state index is 0.500. The summed E-state index contributed by atoms with van der Waals surface area (Å²) in [5, 5.41) is 0. The van der Waals surface area contributed by atoms with E-state index in [4.69, 9.17) is 4.74 Å². The summed E-state index contributed by atoms with van der Waals surface area (Å²) in [5.41, 5.74) is 2.65. The molecule has 1 fully saturated rings. The van der Waals surface area contributed by atoms with Crippen LogP contribution in [0.25, 0.3) is 0 Å². The molecule has 0 spiro atoms. The van der Waals surface area contributed by atoms with Gasteiger partial charge in [0.15, 0.2) is 4.90 Å². The number of rotatable bonds is 5. The third-order valence-corrected chi connectivity index (χ3v) is 6.26. The molecular formula is C17H27OS+. The van der Waals surface area contributed by atoms with Gasteiger partial charge in [0.1, 0.15) is 17.3 Å². The maximum Gasteiger partial charge on any atom is 0.155 e. The van der Waals surface area contributed by atoms with Gasteiger partial charge in [-0.2, -0.15) is 0 Å². The van der Waals surface area contributed by atoms with Gasteiger partial charge in [-0.3, -0.25) is 0 Å². The second-order valence-electron chi connectivity index (χ2n) is 5.55. The molecule has 1 heterocycles. The highest BCUT2D eigenvalue weighted by molar-refractivity contribution is 7.96. The van der Waals surface area contributed by atoms with Crippen molar-refractivity contribution in [2.75, 3.05) is 18.1 Å². The third-order valence-electron chi connectivity index (χ3n) is 3.79. The van der Waals surface area contributed by atoms with E-state index in [0.29, 0.717) is 10.9 Å². The number of unbranched alkanes of at least 4 members (excludes halogenated alkanes) is 1. The Bertz CT molecular complexity index is 385. The quantitative estimate of drug-likeness (QED) is 0.563. The molecule has 0 saturated carbocycles. The maximum atomic E-state index is 5.95. The Morgan fingerprint density at radius 1 is 1.05 bits per heavy atom. The molecule has 1 nitrogen and oxygen atoms in total. The zero-order valence-corrected chi connectivity index (χ0v) is 13.4. The van der Waals surface area contributed by atoms with Crippen molar-refractivity contribution in [3.8, 4) is 5.75 Å². The van der Waals surface area contributed by atoms with Crippen LogP contribution in [-0.4, -0.2) is 18.1 Å². The molecule has 0 aromatic heterocycles. The van der Waals surface area contributed by atoms with Crippen molar-refractivity contribution in [3.63, 3.8) is 0 Å².